The van der Waals surface area contributed by atoms with Crippen molar-refractivity contribution in [3.63, 3.8) is 0 Å². The first-order valence-corrected chi connectivity index (χ1v) is 7.43. The van der Waals surface area contributed by atoms with Crippen LogP contribution >= 0.6 is 0 Å². The summed E-state index contributed by atoms with van der Waals surface area (Å²) in [7, 11) is 0. The Morgan fingerprint density at radius 3 is 2.80 bits per heavy atom. The van der Waals surface area contributed by atoms with Gasteiger partial charge in [-0.1, -0.05) is 0 Å². The molecule has 2 aromatic rings. The Bertz CT molecular complexity index is 669. The van der Waals surface area contributed by atoms with Crippen molar-refractivity contribution in [3.05, 3.63) is 29.1 Å². The Morgan fingerprint density at radius 2 is 2.00 bits per heavy atom. The lowest BCUT2D eigenvalue weighted by Crippen LogP contribution is -2.12. The van der Waals surface area contributed by atoms with E-state index in [9.17, 15) is 0 Å². The van der Waals surface area contributed by atoms with Crippen LogP contribution in [-0.4, -0.2) is 19.5 Å². The van der Waals surface area contributed by atoms with Crippen molar-refractivity contribution in [2.75, 3.05) is 5.73 Å². The van der Waals surface area contributed by atoms with Gasteiger partial charge < -0.3 is 5.73 Å². The normalized spacial score (nSPS) is 18.1. The van der Waals surface area contributed by atoms with Gasteiger partial charge in [-0.15, -0.1) is 0 Å². The summed E-state index contributed by atoms with van der Waals surface area (Å²) in [6.07, 6.45) is 8.90. The van der Waals surface area contributed by atoms with Crippen molar-refractivity contribution in [2.45, 2.75) is 51.4 Å². The summed E-state index contributed by atoms with van der Waals surface area (Å²) in [5, 5.41) is 0. The van der Waals surface area contributed by atoms with E-state index in [4.69, 9.17) is 10.7 Å². The minimum Gasteiger partial charge on any atom is -0.383 e. The Hall–Kier alpha value is -1.91. The SMILES string of the molecule is Cc1c(N)nc(C2CC2)nc1-n1cnc2c1CCCC2. The second kappa shape index (κ2) is 4.30. The van der Waals surface area contributed by atoms with Crippen LogP contribution in [0.25, 0.3) is 5.82 Å². The van der Waals surface area contributed by atoms with E-state index >= 15 is 0 Å². The summed E-state index contributed by atoms with van der Waals surface area (Å²) in [6.45, 7) is 2.00. The number of hydrogen-bond donors (Lipinski definition) is 1. The van der Waals surface area contributed by atoms with E-state index in [2.05, 4.69) is 14.5 Å². The molecule has 0 radical (unpaired) electrons. The molecule has 0 aliphatic heterocycles. The van der Waals surface area contributed by atoms with Gasteiger partial charge in [0.25, 0.3) is 0 Å². The highest BCUT2D eigenvalue weighted by Gasteiger charge is 2.28. The number of rotatable bonds is 2. The zero-order chi connectivity index (χ0) is 13.7. The predicted octanol–water partition coefficient (Wildman–Crippen LogP) is 2.31. The van der Waals surface area contributed by atoms with Crippen molar-refractivity contribution in [3.8, 4) is 5.82 Å². The molecular formula is C15H19N5. The molecule has 1 saturated carbocycles. The topological polar surface area (TPSA) is 69.6 Å². The minimum atomic E-state index is 0.510. The molecule has 2 heterocycles. The van der Waals surface area contributed by atoms with Crippen LogP contribution in [0.2, 0.25) is 0 Å². The van der Waals surface area contributed by atoms with Crippen molar-refractivity contribution in [1.82, 2.24) is 19.5 Å². The fourth-order valence-electron chi connectivity index (χ4n) is 2.95. The van der Waals surface area contributed by atoms with E-state index in [1.807, 2.05) is 13.3 Å². The van der Waals surface area contributed by atoms with Gasteiger partial charge in [-0.25, -0.2) is 15.0 Å². The number of nitrogens with zero attached hydrogens (tertiary/aromatic N) is 4. The van der Waals surface area contributed by atoms with Crippen LogP contribution in [0.15, 0.2) is 6.33 Å². The number of aryl methyl sites for hydroxylation is 1. The Labute approximate surface area is 118 Å². The third-order valence-electron chi connectivity index (χ3n) is 4.38. The molecule has 0 spiro atoms. The minimum absolute atomic E-state index is 0.510. The molecule has 1 fully saturated rings. The fourth-order valence-corrected chi connectivity index (χ4v) is 2.95. The molecule has 2 N–H and O–H groups in total. The second-order valence-corrected chi connectivity index (χ2v) is 5.90. The van der Waals surface area contributed by atoms with Crippen LogP contribution < -0.4 is 5.73 Å². The molecule has 0 atom stereocenters. The number of nitrogen functional groups attached to an aromatic ring is 1. The summed E-state index contributed by atoms with van der Waals surface area (Å²) in [4.78, 5) is 13.8. The lowest BCUT2D eigenvalue weighted by Gasteiger charge is -2.16. The van der Waals surface area contributed by atoms with Gasteiger partial charge >= 0.3 is 0 Å². The summed E-state index contributed by atoms with van der Waals surface area (Å²) < 4.78 is 2.13. The number of fused-ring (bicyclic) bond motifs is 1. The molecule has 2 aliphatic carbocycles. The molecule has 0 saturated heterocycles. The molecule has 5 heteroatoms. The Morgan fingerprint density at radius 1 is 1.20 bits per heavy atom. The molecule has 2 aliphatic rings. The summed E-state index contributed by atoms with van der Waals surface area (Å²) >= 11 is 0. The van der Waals surface area contributed by atoms with Crippen molar-refractivity contribution >= 4 is 5.82 Å². The van der Waals surface area contributed by atoms with E-state index in [0.29, 0.717) is 11.7 Å². The van der Waals surface area contributed by atoms with Gasteiger partial charge in [-0.2, -0.15) is 0 Å². The van der Waals surface area contributed by atoms with Gasteiger partial charge in [0.15, 0.2) is 0 Å². The summed E-state index contributed by atoms with van der Waals surface area (Å²) in [6, 6.07) is 0. The molecule has 0 amide bonds. The van der Waals surface area contributed by atoms with E-state index in [0.717, 1.165) is 30.0 Å². The average molecular weight is 269 g/mol. The van der Waals surface area contributed by atoms with Gasteiger partial charge in [0.2, 0.25) is 0 Å². The Kier molecular flexibility index (Phi) is 2.55. The van der Waals surface area contributed by atoms with E-state index < -0.39 is 0 Å². The largest absolute Gasteiger partial charge is 0.383 e. The average Bonchev–Trinajstić information content (AvgIpc) is 3.22. The molecule has 20 heavy (non-hydrogen) atoms. The van der Waals surface area contributed by atoms with Gasteiger partial charge in [0, 0.05) is 17.2 Å². The third kappa shape index (κ3) is 1.80. The molecular weight excluding hydrogens is 250 g/mol. The van der Waals surface area contributed by atoms with Crippen LogP contribution in [0.5, 0.6) is 0 Å². The van der Waals surface area contributed by atoms with Gasteiger partial charge in [0.1, 0.15) is 23.8 Å². The van der Waals surface area contributed by atoms with Crippen LogP contribution in [0.3, 0.4) is 0 Å². The maximum absolute atomic E-state index is 6.08. The standard InChI is InChI=1S/C15H19N5/c1-9-13(16)18-14(10-6-7-10)19-15(9)20-8-17-11-4-2-3-5-12(11)20/h8,10H,2-7H2,1H3,(H2,16,18,19). The smallest absolute Gasteiger partial charge is 0.146 e. The molecule has 2 aromatic heterocycles. The number of aromatic nitrogens is 4. The van der Waals surface area contributed by atoms with Gasteiger partial charge in [-0.05, 0) is 45.4 Å². The maximum Gasteiger partial charge on any atom is 0.146 e. The first-order valence-electron chi connectivity index (χ1n) is 7.43. The molecule has 5 nitrogen and oxygen atoms in total. The summed E-state index contributed by atoms with van der Waals surface area (Å²) in [5.41, 5.74) is 9.57. The van der Waals surface area contributed by atoms with Crippen LogP contribution in [0.4, 0.5) is 5.82 Å². The predicted molar refractivity (Wildman–Crippen MR) is 76.9 cm³/mol. The molecule has 104 valence electrons. The van der Waals surface area contributed by atoms with Gasteiger partial charge in [0.05, 0.1) is 5.69 Å². The quantitative estimate of drug-likeness (QED) is 0.908. The zero-order valence-corrected chi connectivity index (χ0v) is 11.8. The highest BCUT2D eigenvalue weighted by molar-refractivity contribution is 5.50. The molecule has 0 bridgehead atoms. The second-order valence-electron chi connectivity index (χ2n) is 5.90. The van der Waals surface area contributed by atoms with Crippen LogP contribution in [0, 0.1) is 6.92 Å². The fraction of sp³-hybridized carbons (Fsp3) is 0.533. The zero-order valence-electron chi connectivity index (χ0n) is 11.8. The maximum atomic E-state index is 6.08. The van der Waals surface area contributed by atoms with Crippen LogP contribution in [0.1, 0.15) is 54.4 Å². The van der Waals surface area contributed by atoms with E-state index in [-0.39, 0.29) is 0 Å². The van der Waals surface area contributed by atoms with E-state index in [1.165, 1.54) is 37.1 Å². The third-order valence-corrected chi connectivity index (χ3v) is 4.38. The highest BCUT2D eigenvalue weighted by Crippen LogP contribution is 2.39. The van der Waals surface area contributed by atoms with Crippen LogP contribution in [-0.2, 0) is 12.8 Å². The summed E-state index contributed by atoms with van der Waals surface area (Å²) in [5.74, 6) is 2.95. The first kappa shape index (κ1) is 11.9. The Balaban J connectivity index is 1.87. The highest BCUT2D eigenvalue weighted by atomic mass is 15.2. The molecule has 0 aromatic carbocycles. The number of hydrogen-bond acceptors (Lipinski definition) is 4. The lowest BCUT2D eigenvalue weighted by atomic mass is 10.0. The van der Waals surface area contributed by atoms with Crippen molar-refractivity contribution < 1.29 is 0 Å². The van der Waals surface area contributed by atoms with Gasteiger partial charge in [-0.3, -0.25) is 4.57 Å². The van der Waals surface area contributed by atoms with Crippen molar-refractivity contribution in [1.29, 1.82) is 0 Å². The molecule has 0 unspecified atom stereocenters. The first-order chi connectivity index (χ1) is 9.74. The number of nitrogens with two attached hydrogens (primary N) is 1. The van der Waals surface area contributed by atoms with Crippen molar-refractivity contribution in [2.24, 2.45) is 0 Å². The number of anilines is 1. The molecule has 4 rings (SSSR count). The lowest BCUT2D eigenvalue weighted by molar-refractivity contribution is 0.652. The van der Waals surface area contributed by atoms with E-state index in [1.54, 1.807) is 0 Å². The number of imidazole rings is 1. The monoisotopic (exact) mass is 269 g/mol.